The monoisotopic (exact) mass is 316 g/mol. The number of β-lactam (4-membered cyclic amide) rings is 1. The van der Waals surface area contributed by atoms with Crippen molar-refractivity contribution in [2.24, 2.45) is 5.41 Å². The van der Waals surface area contributed by atoms with E-state index >= 15 is 0 Å². The molecule has 1 aromatic carbocycles. The number of ether oxygens (including phenoxy) is 1. The largest absolute Gasteiger partial charge is 0.444 e. The molecule has 124 valence electrons. The van der Waals surface area contributed by atoms with Crippen molar-refractivity contribution in [2.45, 2.75) is 45.3 Å². The third kappa shape index (κ3) is 2.92. The summed E-state index contributed by atoms with van der Waals surface area (Å²) in [5, 5.41) is 3.03. The quantitative estimate of drug-likeness (QED) is 0.811. The number of benzene rings is 1. The molecule has 0 saturated carbocycles. The number of amides is 2. The lowest BCUT2D eigenvalue weighted by molar-refractivity contribution is -0.151. The number of carbonyl (C=O) groups is 2. The number of nitrogens with one attached hydrogen (secondary N) is 1. The molecule has 1 atom stereocenters. The number of likely N-dealkylation sites (tertiary alicyclic amines) is 1. The molecule has 5 nitrogen and oxygen atoms in total. The van der Waals surface area contributed by atoms with Gasteiger partial charge in [-0.2, -0.15) is 0 Å². The van der Waals surface area contributed by atoms with E-state index in [1.54, 1.807) is 4.90 Å². The average molecular weight is 316 g/mol. The zero-order valence-electron chi connectivity index (χ0n) is 14.0. The SMILES string of the molecule is CC(C)(C)OC(=O)N1CCC2(CC1)C(=O)N[C@H]2c1ccccc1. The molecule has 1 aromatic rings. The number of hydrogen-bond acceptors (Lipinski definition) is 3. The highest BCUT2D eigenvalue weighted by Gasteiger charge is 2.56. The summed E-state index contributed by atoms with van der Waals surface area (Å²) in [6, 6.07) is 10.1. The van der Waals surface area contributed by atoms with Crippen LogP contribution in [0.2, 0.25) is 0 Å². The van der Waals surface area contributed by atoms with Crippen molar-refractivity contribution >= 4 is 12.0 Å². The van der Waals surface area contributed by atoms with Gasteiger partial charge in [0.05, 0.1) is 11.5 Å². The van der Waals surface area contributed by atoms with E-state index in [0.717, 1.165) is 5.56 Å². The highest BCUT2D eigenvalue weighted by Crippen LogP contribution is 2.49. The van der Waals surface area contributed by atoms with Gasteiger partial charge in [0.25, 0.3) is 0 Å². The van der Waals surface area contributed by atoms with Crippen molar-refractivity contribution in [1.29, 1.82) is 0 Å². The second-order valence-corrected chi connectivity index (χ2v) is 7.44. The summed E-state index contributed by atoms with van der Waals surface area (Å²) in [7, 11) is 0. The standard InChI is InChI=1S/C18H24N2O3/c1-17(2,3)23-16(22)20-11-9-18(10-12-20)14(19-15(18)21)13-7-5-4-6-8-13/h4-8,14H,9-12H2,1-3H3,(H,19,21)/t14-/m0/s1. The zero-order valence-corrected chi connectivity index (χ0v) is 14.0. The fraction of sp³-hybridized carbons (Fsp3) is 0.556. The van der Waals surface area contributed by atoms with Gasteiger partial charge in [-0.05, 0) is 39.2 Å². The molecule has 23 heavy (non-hydrogen) atoms. The van der Waals surface area contributed by atoms with Crippen molar-refractivity contribution in [1.82, 2.24) is 10.2 Å². The second-order valence-electron chi connectivity index (χ2n) is 7.44. The number of piperidine rings is 1. The van der Waals surface area contributed by atoms with Crippen LogP contribution in [0.25, 0.3) is 0 Å². The van der Waals surface area contributed by atoms with Gasteiger partial charge < -0.3 is 15.0 Å². The number of nitrogens with zero attached hydrogens (tertiary/aromatic N) is 1. The van der Waals surface area contributed by atoms with Crippen LogP contribution in [0, 0.1) is 5.41 Å². The molecule has 2 saturated heterocycles. The van der Waals surface area contributed by atoms with Gasteiger partial charge in [-0.1, -0.05) is 30.3 Å². The highest BCUT2D eigenvalue weighted by atomic mass is 16.6. The topological polar surface area (TPSA) is 58.6 Å². The predicted molar refractivity (Wildman–Crippen MR) is 86.8 cm³/mol. The Labute approximate surface area is 137 Å². The molecule has 1 N–H and O–H groups in total. The zero-order chi connectivity index (χ0) is 16.7. The Kier molecular flexibility index (Phi) is 3.82. The van der Waals surface area contributed by atoms with E-state index in [-0.39, 0.29) is 23.5 Å². The first-order chi connectivity index (χ1) is 10.8. The molecular formula is C18H24N2O3. The lowest BCUT2D eigenvalue weighted by Gasteiger charge is -2.52. The van der Waals surface area contributed by atoms with Crippen molar-refractivity contribution < 1.29 is 14.3 Å². The smallest absolute Gasteiger partial charge is 0.410 e. The van der Waals surface area contributed by atoms with Crippen LogP contribution >= 0.6 is 0 Å². The maximum atomic E-state index is 12.3. The van der Waals surface area contributed by atoms with Crippen molar-refractivity contribution in [3.8, 4) is 0 Å². The van der Waals surface area contributed by atoms with Crippen LogP contribution in [-0.4, -0.2) is 35.6 Å². The van der Waals surface area contributed by atoms with Gasteiger partial charge in [0.2, 0.25) is 5.91 Å². The van der Waals surface area contributed by atoms with E-state index in [0.29, 0.717) is 25.9 Å². The molecule has 0 radical (unpaired) electrons. The Balaban J connectivity index is 1.67. The summed E-state index contributed by atoms with van der Waals surface area (Å²) in [6.07, 6.45) is 1.07. The molecule has 5 heteroatoms. The van der Waals surface area contributed by atoms with Crippen LogP contribution in [0.15, 0.2) is 30.3 Å². The lowest BCUT2D eigenvalue weighted by atomic mass is 9.64. The molecule has 0 unspecified atom stereocenters. The minimum absolute atomic E-state index is 0.0528. The molecule has 2 aliphatic rings. The molecule has 1 spiro atoms. The Morgan fingerprint density at radius 1 is 1.22 bits per heavy atom. The molecule has 2 amide bonds. The predicted octanol–water partition coefficient (Wildman–Crippen LogP) is 2.87. The minimum Gasteiger partial charge on any atom is -0.444 e. The summed E-state index contributed by atoms with van der Waals surface area (Å²) in [5.41, 5.74) is 0.268. The average Bonchev–Trinajstić information content (AvgIpc) is 2.52. The highest BCUT2D eigenvalue weighted by molar-refractivity contribution is 5.91. The van der Waals surface area contributed by atoms with Crippen LogP contribution in [0.3, 0.4) is 0 Å². The third-order valence-electron chi connectivity index (χ3n) is 4.72. The number of carbonyl (C=O) groups excluding carboxylic acids is 2. The van der Waals surface area contributed by atoms with Crippen molar-refractivity contribution in [3.05, 3.63) is 35.9 Å². The van der Waals surface area contributed by atoms with Gasteiger partial charge in [-0.15, -0.1) is 0 Å². The lowest BCUT2D eigenvalue weighted by Crippen LogP contribution is -2.65. The maximum absolute atomic E-state index is 12.3. The first-order valence-electron chi connectivity index (χ1n) is 8.16. The first-order valence-corrected chi connectivity index (χ1v) is 8.16. The number of hydrogen-bond donors (Lipinski definition) is 1. The maximum Gasteiger partial charge on any atom is 0.410 e. The van der Waals surface area contributed by atoms with E-state index in [1.807, 2.05) is 51.1 Å². The Morgan fingerprint density at radius 3 is 2.35 bits per heavy atom. The Morgan fingerprint density at radius 2 is 1.83 bits per heavy atom. The van der Waals surface area contributed by atoms with Crippen molar-refractivity contribution in [2.75, 3.05) is 13.1 Å². The molecule has 2 aliphatic heterocycles. The molecule has 3 rings (SSSR count). The molecule has 0 aliphatic carbocycles. The first kappa shape index (κ1) is 15.8. The van der Waals surface area contributed by atoms with Gasteiger partial charge in [0.15, 0.2) is 0 Å². The molecule has 0 bridgehead atoms. The molecule has 0 aromatic heterocycles. The van der Waals surface area contributed by atoms with E-state index in [2.05, 4.69) is 5.32 Å². The van der Waals surface area contributed by atoms with Gasteiger partial charge in [0.1, 0.15) is 5.60 Å². The number of rotatable bonds is 1. The molecule has 2 fully saturated rings. The fourth-order valence-corrected chi connectivity index (χ4v) is 3.44. The van der Waals surface area contributed by atoms with Gasteiger partial charge in [-0.25, -0.2) is 4.79 Å². The van der Waals surface area contributed by atoms with Crippen LogP contribution in [0.1, 0.15) is 45.2 Å². The van der Waals surface area contributed by atoms with Crippen LogP contribution < -0.4 is 5.32 Å². The Hall–Kier alpha value is -2.04. The normalized spacial score (nSPS) is 23.2. The van der Waals surface area contributed by atoms with Crippen LogP contribution in [0.4, 0.5) is 4.79 Å². The van der Waals surface area contributed by atoms with Crippen molar-refractivity contribution in [3.63, 3.8) is 0 Å². The van der Waals surface area contributed by atoms with Gasteiger partial charge in [-0.3, -0.25) is 4.79 Å². The summed E-state index contributed by atoms with van der Waals surface area (Å²) < 4.78 is 5.42. The third-order valence-corrected chi connectivity index (χ3v) is 4.72. The molecular weight excluding hydrogens is 292 g/mol. The summed E-state index contributed by atoms with van der Waals surface area (Å²) in [5.74, 6) is 0.107. The summed E-state index contributed by atoms with van der Waals surface area (Å²) >= 11 is 0. The van der Waals surface area contributed by atoms with Gasteiger partial charge in [0, 0.05) is 13.1 Å². The van der Waals surface area contributed by atoms with E-state index in [4.69, 9.17) is 4.74 Å². The second kappa shape index (κ2) is 5.55. The van der Waals surface area contributed by atoms with E-state index < -0.39 is 5.60 Å². The van der Waals surface area contributed by atoms with Gasteiger partial charge >= 0.3 is 6.09 Å². The van der Waals surface area contributed by atoms with E-state index in [9.17, 15) is 9.59 Å². The Bertz CT molecular complexity index is 598. The summed E-state index contributed by atoms with van der Waals surface area (Å²) in [6.45, 7) is 6.71. The van der Waals surface area contributed by atoms with E-state index in [1.165, 1.54) is 0 Å². The minimum atomic E-state index is -0.493. The summed E-state index contributed by atoms with van der Waals surface area (Å²) in [4.78, 5) is 26.1. The molecule has 2 heterocycles. The van der Waals surface area contributed by atoms with Crippen LogP contribution in [-0.2, 0) is 9.53 Å². The van der Waals surface area contributed by atoms with Crippen LogP contribution in [0.5, 0.6) is 0 Å². The fourth-order valence-electron chi connectivity index (χ4n) is 3.44.